The molecular weight excluding hydrogens is 835 g/mol. The van der Waals surface area contributed by atoms with Crippen LogP contribution in [0.2, 0.25) is 0 Å². The average Bonchev–Trinajstić information content (AvgIpc) is 3.79. The molecule has 4 atom stereocenters. The molecule has 332 valence electrons. The van der Waals surface area contributed by atoms with Gasteiger partial charge in [-0.15, -0.1) is 0 Å². The van der Waals surface area contributed by atoms with Crippen molar-refractivity contribution in [3.63, 3.8) is 0 Å². The van der Waals surface area contributed by atoms with Crippen molar-refractivity contribution in [1.29, 1.82) is 0 Å². The summed E-state index contributed by atoms with van der Waals surface area (Å²) in [4.78, 5) is 11.5. The van der Waals surface area contributed by atoms with Gasteiger partial charge >= 0.3 is 0 Å². The molecule has 4 fully saturated rings. The fourth-order valence-electron chi connectivity index (χ4n) is 17.0. The standard InChI is InChI=1S/C66H53N3/c1-3-11-40(12-4-1)50-21-19-42-15-7-9-17-48(42)58(50)52-33-53(59-49-18-10-8-16-43(49)20-22-51(59)41-13-5-2-6-14-41)61-63-55(35-68-65-47-31-38-24-39(32-47)28-45(27-38)57(63)65)69-54-34-67-64-46-29-36-23-37(30-46)26-44(25-36)56(64)62(54)60(52)66(61)69/h1-22,33-39,44-47H,23-32H2. The lowest BCUT2D eigenvalue weighted by Gasteiger charge is -2.38. The van der Waals surface area contributed by atoms with Gasteiger partial charge < -0.3 is 4.40 Å². The van der Waals surface area contributed by atoms with Crippen molar-refractivity contribution in [2.45, 2.75) is 87.9 Å². The summed E-state index contributed by atoms with van der Waals surface area (Å²) in [5, 5.41) is 11.0. The van der Waals surface area contributed by atoms with E-state index in [0.29, 0.717) is 23.7 Å². The molecule has 4 saturated carbocycles. The zero-order chi connectivity index (χ0) is 44.6. The largest absolute Gasteiger partial charge is 0.305 e. The molecule has 0 amide bonds. The summed E-state index contributed by atoms with van der Waals surface area (Å²) in [6.45, 7) is 0. The minimum Gasteiger partial charge on any atom is -0.305 e. The van der Waals surface area contributed by atoms with E-state index in [1.807, 2.05) is 0 Å². The smallest absolute Gasteiger partial charge is 0.0728 e. The normalized spacial score (nSPS) is 25.4. The Kier molecular flexibility index (Phi) is 7.67. The summed E-state index contributed by atoms with van der Waals surface area (Å²) in [6, 6.07) is 53.2. The van der Waals surface area contributed by atoms with E-state index in [2.05, 4.69) is 156 Å². The fourth-order valence-corrected chi connectivity index (χ4v) is 17.0. The molecule has 3 heteroatoms. The van der Waals surface area contributed by atoms with Gasteiger partial charge in [0, 0.05) is 44.8 Å². The molecule has 4 aromatic heterocycles. The Bertz CT molecular complexity index is 3690. The van der Waals surface area contributed by atoms with Gasteiger partial charge in [0.2, 0.25) is 0 Å². The zero-order valence-corrected chi connectivity index (χ0v) is 39.0. The van der Waals surface area contributed by atoms with Crippen LogP contribution in [0.3, 0.4) is 0 Å². The maximum atomic E-state index is 5.73. The van der Waals surface area contributed by atoms with Crippen molar-refractivity contribution >= 4 is 59.6 Å². The molecule has 3 nitrogen and oxygen atoms in total. The molecule has 11 aromatic rings. The molecule has 7 aromatic carbocycles. The van der Waals surface area contributed by atoms with Crippen molar-refractivity contribution in [3.05, 3.63) is 174 Å². The molecule has 0 N–H and O–H groups in total. The van der Waals surface area contributed by atoms with Gasteiger partial charge in [0.25, 0.3) is 0 Å². The number of pyridine rings is 2. The Balaban J connectivity index is 1.14. The second-order valence-corrected chi connectivity index (χ2v) is 22.8. The van der Waals surface area contributed by atoms with Crippen LogP contribution in [0.15, 0.2) is 152 Å². The van der Waals surface area contributed by atoms with Crippen LogP contribution < -0.4 is 0 Å². The first-order valence-electron chi connectivity index (χ1n) is 26.4. The predicted octanol–water partition coefficient (Wildman–Crippen LogP) is 17.4. The van der Waals surface area contributed by atoms with Gasteiger partial charge in [0.05, 0.1) is 28.9 Å². The van der Waals surface area contributed by atoms with E-state index in [1.165, 1.54) is 180 Å². The van der Waals surface area contributed by atoms with E-state index in [0.717, 1.165) is 23.7 Å². The summed E-state index contributed by atoms with van der Waals surface area (Å²) in [5.74, 6) is 5.35. The summed E-state index contributed by atoms with van der Waals surface area (Å²) < 4.78 is 2.73. The van der Waals surface area contributed by atoms with Crippen molar-refractivity contribution < 1.29 is 0 Å². The third-order valence-corrected chi connectivity index (χ3v) is 19.2. The van der Waals surface area contributed by atoms with Gasteiger partial charge in [-0.1, -0.05) is 133 Å². The Morgan fingerprint density at radius 1 is 0.362 bits per heavy atom. The number of hydrogen-bond acceptors (Lipinski definition) is 2. The number of benzene rings is 7. The molecular formula is C66H53N3. The Hall–Kier alpha value is -6.84. The van der Waals surface area contributed by atoms with Crippen molar-refractivity contribution in [1.82, 2.24) is 14.4 Å². The topological polar surface area (TPSA) is 30.2 Å². The lowest BCUT2D eigenvalue weighted by molar-refractivity contribution is 0.165. The van der Waals surface area contributed by atoms with E-state index in [-0.39, 0.29) is 0 Å². The summed E-state index contributed by atoms with van der Waals surface area (Å²) in [7, 11) is 0. The molecule has 4 heterocycles. The van der Waals surface area contributed by atoms with Crippen LogP contribution in [0.4, 0.5) is 0 Å². The van der Waals surface area contributed by atoms with Crippen molar-refractivity contribution in [2.24, 2.45) is 23.7 Å². The zero-order valence-electron chi connectivity index (χ0n) is 39.0. The van der Waals surface area contributed by atoms with Gasteiger partial charge in [0.1, 0.15) is 0 Å². The molecule has 4 unspecified atom stereocenters. The van der Waals surface area contributed by atoms with E-state index < -0.39 is 0 Å². The highest BCUT2D eigenvalue weighted by Gasteiger charge is 2.47. The molecule has 69 heavy (non-hydrogen) atoms. The van der Waals surface area contributed by atoms with Crippen LogP contribution in [0, 0.1) is 23.7 Å². The number of nitrogens with zero attached hydrogens (tertiary/aromatic N) is 3. The fraction of sp³-hybridized carbons (Fsp3) is 0.273. The third kappa shape index (κ3) is 5.19. The number of aromatic nitrogens is 3. The van der Waals surface area contributed by atoms with E-state index in [1.54, 1.807) is 11.1 Å². The van der Waals surface area contributed by atoms with Gasteiger partial charge in [0.15, 0.2) is 0 Å². The SMILES string of the molecule is c1ccc(-c2ccc3ccccc3c2-c2cc(-c3c(-c4ccccc4)ccc4ccccc34)c3c4c5c(ncc4n4c6cnc7c(c6c2c34)C2CC3CC(CC7C3)C2)C2CC3CC(C2)CC5C3)cc1. The van der Waals surface area contributed by atoms with Gasteiger partial charge in [-0.05, 0) is 183 Å². The highest BCUT2D eigenvalue weighted by atomic mass is 15.0. The quantitative estimate of drug-likeness (QED) is 0.176. The number of fused-ring (bicyclic) bond motifs is 8. The van der Waals surface area contributed by atoms with Gasteiger partial charge in [-0.2, -0.15) is 0 Å². The van der Waals surface area contributed by atoms with Gasteiger partial charge in [-0.3, -0.25) is 9.97 Å². The van der Waals surface area contributed by atoms with E-state index in [9.17, 15) is 0 Å². The molecule has 0 spiro atoms. The van der Waals surface area contributed by atoms with Crippen LogP contribution in [-0.4, -0.2) is 14.4 Å². The first-order chi connectivity index (χ1) is 34.2. The maximum Gasteiger partial charge on any atom is 0.0728 e. The third-order valence-electron chi connectivity index (χ3n) is 19.2. The number of rotatable bonds is 4. The molecule has 0 aliphatic heterocycles. The van der Waals surface area contributed by atoms with Crippen LogP contribution in [0.5, 0.6) is 0 Å². The molecule has 8 aliphatic rings. The van der Waals surface area contributed by atoms with E-state index >= 15 is 0 Å². The first kappa shape index (κ1) is 38.1. The Morgan fingerprint density at radius 2 is 0.768 bits per heavy atom. The molecule has 19 rings (SSSR count). The minimum atomic E-state index is 0.529. The van der Waals surface area contributed by atoms with Crippen LogP contribution in [0.25, 0.3) is 104 Å². The Labute approximate surface area is 402 Å². The van der Waals surface area contributed by atoms with Crippen LogP contribution >= 0.6 is 0 Å². The van der Waals surface area contributed by atoms with Crippen LogP contribution in [0.1, 0.15) is 110 Å². The lowest BCUT2D eigenvalue weighted by Crippen LogP contribution is -2.25. The monoisotopic (exact) mass is 887 g/mol. The molecule has 8 bridgehead atoms. The summed E-state index contributed by atoms with van der Waals surface area (Å²) in [6.07, 6.45) is 17.9. The summed E-state index contributed by atoms with van der Waals surface area (Å²) in [5.41, 5.74) is 20.4. The average molecular weight is 888 g/mol. The first-order valence-corrected chi connectivity index (χ1v) is 26.4. The summed E-state index contributed by atoms with van der Waals surface area (Å²) >= 11 is 0. The lowest BCUT2D eigenvalue weighted by atomic mass is 9.67. The van der Waals surface area contributed by atoms with Crippen molar-refractivity contribution in [3.8, 4) is 44.5 Å². The Morgan fingerprint density at radius 3 is 1.22 bits per heavy atom. The second kappa shape index (κ2) is 13.9. The predicted molar refractivity (Wildman–Crippen MR) is 285 cm³/mol. The molecule has 8 aliphatic carbocycles. The van der Waals surface area contributed by atoms with Gasteiger partial charge in [-0.25, -0.2) is 0 Å². The van der Waals surface area contributed by atoms with E-state index in [4.69, 9.17) is 9.97 Å². The molecule has 0 radical (unpaired) electrons. The molecule has 0 saturated heterocycles. The number of hydrogen-bond donors (Lipinski definition) is 0. The van der Waals surface area contributed by atoms with Crippen molar-refractivity contribution in [2.75, 3.05) is 0 Å². The minimum absolute atomic E-state index is 0.529. The maximum absolute atomic E-state index is 5.73. The van der Waals surface area contributed by atoms with Crippen LogP contribution in [-0.2, 0) is 0 Å². The highest BCUT2D eigenvalue weighted by Crippen LogP contribution is 2.62. The second-order valence-electron chi connectivity index (χ2n) is 22.8. The highest BCUT2D eigenvalue weighted by molar-refractivity contribution is 6.34.